The number of hydrogen-bond donors (Lipinski definition) is 1. The van der Waals surface area contributed by atoms with Crippen molar-refractivity contribution in [1.29, 1.82) is 0 Å². The molecular formula is C27H47LiO. The van der Waals surface area contributed by atoms with Gasteiger partial charge in [0.2, 0.25) is 0 Å². The average Bonchev–Trinajstić information content (AvgIpc) is 2.99. The molecule has 162 valence electrons. The van der Waals surface area contributed by atoms with Crippen LogP contribution in [0.2, 0.25) is 0 Å². The average molecular weight is 395 g/mol. The summed E-state index contributed by atoms with van der Waals surface area (Å²) in [4.78, 5) is 0. The van der Waals surface area contributed by atoms with Crippen molar-refractivity contribution >= 4 is 0 Å². The number of rotatable bonds is 5. The summed E-state index contributed by atoms with van der Waals surface area (Å²) in [5.41, 5.74) is 2.60. The monoisotopic (exact) mass is 394 g/mol. The zero-order valence-corrected chi connectivity index (χ0v) is 20.3. The molecule has 3 saturated carbocycles. The van der Waals surface area contributed by atoms with Crippen molar-refractivity contribution in [2.75, 3.05) is 0 Å². The molecule has 0 heterocycles. The van der Waals surface area contributed by atoms with Crippen molar-refractivity contribution in [3.8, 4) is 0 Å². The van der Waals surface area contributed by atoms with E-state index in [-0.39, 0.29) is 26.4 Å². The normalized spacial score (nSPS) is 44.9. The van der Waals surface area contributed by atoms with E-state index in [1.54, 1.807) is 5.57 Å². The van der Waals surface area contributed by atoms with Crippen LogP contribution in [-0.4, -0.2) is 11.2 Å². The molecule has 0 amide bonds. The van der Waals surface area contributed by atoms with Gasteiger partial charge in [0.1, 0.15) is 0 Å². The van der Waals surface area contributed by atoms with Crippen LogP contribution in [-0.2, 0) is 0 Å². The largest absolute Gasteiger partial charge is 1.00 e. The Labute approximate surface area is 194 Å². The van der Waals surface area contributed by atoms with Crippen molar-refractivity contribution in [2.24, 2.45) is 46.3 Å². The maximum absolute atomic E-state index is 10.2. The van der Waals surface area contributed by atoms with Crippen molar-refractivity contribution in [1.82, 2.24) is 0 Å². The van der Waals surface area contributed by atoms with E-state index in [0.717, 1.165) is 48.3 Å². The van der Waals surface area contributed by atoms with Gasteiger partial charge in [-0.3, -0.25) is 0 Å². The van der Waals surface area contributed by atoms with Crippen LogP contribution in [0.15, 0.2) is 11.6 Å². The molecule has 2 heteroatoms. The van der Waals surface area contributed by atoms with E-state index in [9.17, 15) is 5.11 Å². The molecule has 0 saturated heterocycles. The van der Waals surface area contributed by atoms with E-state index in [1.807, 2.05) is 0 Å². The Morgan fingerprint density at radius 2 is 1.79 bits per heavy atom. The summed E-state index contributed by atoms with van der Waals surface area (Å²) in [6.45, 7) is 12.6. The van der Waals surface area contributed by atoms with Gasteiger partial charge in [-0.25, -0.2) is 0 Å². The van der Waals surface area contributed by atoms with Gasteiger partial charge in [0.05, 0.1) is 6.10 Å². The fraction of sp³-hybridized carbons (Fsp3) is 0.926. The number of aliphatic hydroxyl groups is 1. The summed E-state index contributed by atoms with van der Waals surface area (Å²) in [7, 11) is 0. The first-order valence-electron chi connectivity index (χ1n) is 12.6. The summed E-state index contributed by atoms with van der Waals surface area (Å²) in [5, 5.41) is 10.2. The molecule has 0 spiro atoms. The SMILES string of the molecule is CC(C)CCC[C@@H](C)[C@H]1CC[C@H]2[C@@H]3CC=C4C[C@@H](O)CC[C@]4(C)[C@H]3CC[C@]12C.[H-].[Li+]. The van der Waals surface area contributed by atoms with Crippen LogP contribution >= 0.6 is 0 Å². The van der Waals surface area contributed by atoms with Gasteiger partial charge in [-0.15, -0.1) is 0 Å². The fourth-order valence-electron chi connectivity index (χ4n) is 8.67. The Balaban J connectivity index is 0.00000160. The van der Waals surface area contributed by atoms with Gasteiger partial charge in [-0.2, -0.15) is 0 Å². The Morgan fingerprint density at radius 3 is 2.52 bits per heavy atom. The van der Waals surface area contributed by atoms with Crippen LogP contribution in [0.1, 0.15) is 107 Å². The molecule has 0 aromatic rings. The first-order chi connectivity index (χ1) is 13.3. The van der Waals surface area contributed by atoms with Crippen LogP contribution in [0.5, 0.6) is 0 Å². The van der Waals surface area contributed by atoms with E-state index in [2.05, 4.69) is 40.7 Å². The van der Waals surface area contributed by atoms with Crippen LogP contribution in [0, 0.1) is 46.3 Å². The van der Waals surface area contributed by atoms with Gasteiger partial charge in [0.15, 0.2) is 0 Å². The molecule has 0 aromatic carbocycles. The zero-order valence-electron chi connectivity index (χ0n) is 21.3. The third kappa shape index (κ3) is 4.20. The molecule has 0 unspecified atom stereocenters. The van der Waals surface area contributed by atoms with Crippen LogP contribution < -0.4 is 18.9 Å². The second-order valence-electron chi connectivity index (χ2n) is 12.2. The predicted molar refractivity (Wildman–Crippen MR) is 120 cm³/mol. The third-order valence-electron chi connectivity index (χ3n) is 10.3. The Kier molecular flexibility index (Phi) is 7.47. The molecule has 1 N–H and O–H groups in total. The summed E-state index contributed by atoms with van der Waals surface area (Å²) in [6.07, 6.45) is 17.2. The minimum atomic E-state index is -0.0766. The molecule has 0 aromatic heterocycles. The number of aliphatic hydroxyl groups excluding tert-OH is 1. The van der Waals surface area contributed by atoms with E-state index in [4.69, 9.17) is 0 Å². The van der Waals surface area contributed by atoms with Gasteiger partial charge < -0.3 is 6.53 Å². The third-order valence-corrected chi connectivity index (χ3v) is 10.3. The quantitative estimate of drug-likeness (QED) is 0.537. The Bertz CT molecular complexity index is 604. The molecule has 29 heavy (non-hydrogen) atoms. The predicted octanol–water partition coefficient (Wildman–Crippen LogP) is 4.51. The summed E-state index contributed by atoms with van der Waals surface area (Å²) < 4.78 is 0. The number of allylic oxidation sites excluding steroid dienone is 1. The van der Waals surface area contributed by atoms with Gasteiger partial charge >= 0.3 is 18.9 Å². The molecule has 8 atom stereocenters. The van der Waals surface area contributed by atoms with Gasteiger partial charge in [-0.1, -0.05) is 65.5 Å². The molecular weight excluding hydrogens is 347 g/mol. The minimum absolute atomic E-state index is 0. The van der Waals surface area contributed by atoms with Crippen molar-refractivity contribution < 1.29 is 25.4 Å². The second kappa shape index (κ2) is 9.04. The van der Waals surface area contributed by atoms with E-state index < -0.39 is 0 Å². The summed E-state index contributed by atoms with van der Waals surface area (Å²) in [5.74, 6) is 5.46. The maximum Gasteiger partial charge on any atom is 1.00 e. The van der Waals surface area contributed by atoms with Gasteiger partial charge in [0, 0.05) is 0 Å². The van der Waals surface area contributed by atoms with Crippen molar-refractivity contribution in [2.45, 2.75) is 111 Å². The van der Waals surface area contributed by atoms with Crippen LogP contribution in [0.4, 0.5) is 0 Å². The van der Waals surface area contributed by atoms with Crippen LogP contribution in [0.25, 0.3) is 0 Å². The second-order valence-corrected chi connectivity index (χ2v) is 12.2. The number of fused-ring (bicyclic) bond motifs is 5. The Morgan fingerprint density at radius 1 is 1.03 bits per heavy atom. The molecule has 4 aliphatic rings. The smallest absolute Gasteiger partial charge is 1.00 e. The first kappa shape index (κ1) is 24.0. The summed E-state index contributed by atoms with van der Waals surface area (Å²) >= 11 is 0. The molecule has 1 nitrogen and oxygen atoms in total. The molecule has 4 rings (SSSR count). The van der Waals surface area contributed by atoms with Gasteiger partial charge in [-0.05, 0) is 97.7 Å². The number of hydrogen-bond acceptors (Lipinski definition) is 1. The van der Waals surface area contributed by atoms with Crippen molar-refractivity contribution in [3.63, 3.8) is 0 Å². The zero-order chi connectivity index (χ0) is 20.1. The molecule has 3 fully saturated rings. The van der Waals surface area contributed by atoms with E-state index >= 15 is 0 Å². The van der Waals surface area contributed by atoms with Gasteiger partial charge in [0.25, 0.3) is 0 Å². The standard InChI is InChI=1S/C27H46O.Li.H/c1-18(2)7-6-8-19(3)23-11-12-24-22-10-9-20-17-21(28)13-15-26(20,4)25(22)14-16-27(23,24)5;;/h9,18-19,21-25,28H,6-8,10-17H2,1-5H3;;/q;+1;-1/t19-,21+,22+,23-,24+,25+,26+,27-;;/m1../s1. The Hall–Kier alpha value is 0.297. The summed E-state index contributed by atoms with van der Waals surface area (Å²) in [6, 6.07) is 0. The molecule has 0 radical (unpaired) electrons. The first-order valence-corrected chi connectivity index (χ1v) is 12.6. The van der Waals surface area contributed by atoms with E-state index in [1.165, 1.54) is 57.8 Å². The van der Waals surface area contributed by atoms with E-state index in [0.29, 0.717) is 10.8 Å². The van der Waals surface area contributed by atoms with Crippen LogP contribution in [0.3, 0.4) is 0 Å². The topological polar surface area (TPSA) is 20.2 Å². The maximum atomic E-state index is 10.2. The fourth-order valence-corrected chi connectivity index (χ4v) is 8.67. The molecule has 0 bridgehead atoms. The van der Waals surface area contributed by atoms with Crippen molar-refractivity contribution in [3.05, 3.63) is 11.6 Å². The molecule has 4 aliphatic carbocycles. The molecule has 0 aliphatic heterocycles. The minimum Gasteiger partial charge on any atom is -1.00 e.